The Morgan fingerprint density at radius 1 is 1.39 bits per heavy atom. The molecule has 0 saturated heterocycles. The summed E-state index contributed by atoms with van der Waals surface area (Å²) in [6.07, 6.45) is 4.34. The number of nitriles is 1. The van der Waals surface area contributed by atoms with E-state index in [4.69, 9.17) is 0 Å². The molecule has 0 amide bonds. The summed E-state index contributed by atoms with van der Waals surface area (Å²) < 4.78 is 0. The van der Waals surface area contributed by atoms with Gasteiger partial charge in [-0.3, -0.25) is 5.32 Å². The van der Waals surface area contributed by atoms with Crippen molar-refractivity contribution in [1.29, 1.82) is 5.26 Å². The average Bonchev–Trinajstić information content (AvgIpc) is 2.27. The molecule has 1 N–H and O–H groups in total. The zero-order valence-electron chi connectivity index (χ0n) is 12.7. The summed E-state index contributed by atoms with van der Waals surface area (Å²) in [5.74, 6) is 0.687. The van der Waals surface area contributed by atoms with Gasteiger partial charge in [0.05, 0.1) is 6.07 Å². The molecule has 1 saturated carbocycles. The summed E-state index contributed by atoms with van der Waals surface area (Å²) in [5, 5.41) is 13.0. The third-order valence-electron chi connectivity index (χ3n) is 3.78. The van der Waals surface area contributed by atoms with Crippen molar-refractivity contribution in [3.63, 3.8) is 0 Å². The lowest BCUT2D eigenvalue weighted by molar-refractivity contribution is 0.129. The Balaban J connectivity index is 2.66. The molecular formula is C15H29N3. The molecule has 1 rings (SSSR count). The van der Waals surface area contributed by atoms with E-state index >= 15 is 0 Å². The van der Waals surface area contributed by atoms with Gasteiger partial charge in [0.15, 0.2) is 0 Å². The molecule has 2 unspecified atom stereocenters. The van der Waals surface area contributed by atoms with Crippen LogP contribution in [0.5, 0.6) is 0 Å². The van der Waals surface area contributed by atoms with Gasteiger partial charge in [0.1, 0.15) is 5.54 Å². The first-order valence-corrected chi connectivity index (χ1v) is 7.28. The average molecular weight is 251 g/mol. The molecule has 0 radical (unpaired) electrons. The van der Waals surface area contributed by atoms with E-state index in [1.54, 1.807) is 0 Å². The Labute approximate surface area is 113 Å². The maximum atomic E-state index is 9.54. The van der Waals surface area contributed by atoms with Crippen molar-refractivity contribution < 1.29 is 0 Å². The first-order chi connectivity index (χ1) is 8.38. The van der Waals surface area contributed by atoms with Crippen LogP contribution in [0, 0.1) is 17.2 Å². The molecule has 18 heavy (non-hydrogen) atoms. The topological polar surface area (TPSA) is 39.1 Å². The Morgan fingerprint density at radius 2 is 2.06 bits per heavy atom. The molecule has 1 aliphatic carbocycles. The minimum atomic E-state index is -0.303. The highest BCUT2D eigenvalue weighted by Crippen LogP contribution is 2.31. The fraction of sp³-hybridized carbons (Fsp3) is 0.933. The third-order valence-corrected chi connectivity index (χ3v) is 3.78. The number of hydrogen-bond donors (Lipinski definition) is 1. The Morgan fingerprint density at radius 3 is 2.56 bits per heavy atom. The molecule has 3 heteroatoms. The Bertz CT molecular complexity index is 293. The normalized spacial score (nSPS) is 28.9. The van der Waals surface area contributed by atoms with Gasteiger partial charge in [0.2, 0.25) is 0 Å². The van der Waals surface area contributed by atoms with E-state index in [2.05, 4.69) is 51.0 Å². The highest BCUT2D eigenvalue weighted by molar-refractivity contribution is 5.11. The Kier molecular flexibility index (Phi) is 5.62. The van der Waals surface area contributed by atoms with Crippen molar-refractivity contribution in [3.05, 3.63) is 0 Å². The summed E-state index contributed by atoms with van der Waals surface area (Å²) in [5.41, 5.74) is -0.303. The molecule has 0 heterocycles. The van der Waals surface area contributed by atoms with Gasteiger partial charge in [0.25, 0.3) is 0 Å². The summed E-state index contributed by atoms with van der Waals surface area (Å²) in [7, 11) is 2.20. The standard InChI is InChI=1S/C15H29N3/c1-12(2)10-18(5)14-7-6-8-15(9-14,11-16)17-13(3)4/h12-14,17H,6-10H2,1-5H3. The minimum Gasteiger partial charge on any atom is -0.303 e. The summed E-state index contributed by atoms with van der Waals surface area (Å²) in [6.45, 7) is 9.88. The highest BCUT2D eigenvalue weighted by atomic mass is 15.1. The van der Waals surface area contributed by atoms with Crippen LogP contribution in [0.2, 0.25) is 0 Å². The fourth-order valence-electron chi connectivity index (χ4n) is 3.16. The zero-order valence-corrected chi connectivity index (χ0v) is 12.7. The maximum absolute atomic E-state index is 9.54. The minimum absolute atomic E-state index is 0.303. The molecule has 1 aliphatic rings. The monoisotopic (exact) mass is 251 g/mol. The molecule has 104 valence electrons. The van der Waals surface area contributed by atoms with Gasteiger partial charge in [-0.25, -0.2) is 0 Å². The number of rotatable bonds is 5. The summed E-state index contributed by atoms with van der Waals surface area (Å²) in [4.78, 5) is 2.44. The molecule has 0 aromatic heterocycles. The van der Waals surface area contributed by atoms with Gasteiger partial charge in [-0.15, -0.1) is 0 Å². The van der Waals surface area contributed by atoms with Crippen LogP contribution in [0.3, 0.4) is 0 Å². The highest BCUT2D eigenvalue weighted by Gasteiger charge is 2.38. The van der Waals surface area contributed by atoms with Crippen LogP contribution in [-0.2, 0) is 0 Å². The predicted octanol–water partition coefficient (Wildman–Crippen LogP) is 2.78. The second-order valence-electron chi connectivity index (χ2n) is 6.58. The number of nitrogens with zero attached hydrogens (tertiary/aromatic N) is 2. The number of nitrogens with one attached hydrogen (secondary N) is 1. The SMILES string of the molecule is CC(C)CN(C)C1CCCC(C#N)(NC(C)C)C1. The lowest BCUT2D eigenvalue weighted by atomic mass is 9.79. The van der Waals surface area contributed by atoms with E-state index < -0.39 is 0 Å². The van der Waals surface area contributed by atoms with Crippen LogP contribution in [-0.4, -0.2) is 36.1 Å². The van der Waals surface area contributed by atoms with Gasteiger partial charge in [-0.1, -0.05) is 13.8 Å². The largest absolute Gasteiger partial charge is 0.303 e. The van der Waals surface area contributed by atoms with Crippen molar-refractivity contribution in [2.24, 2.45) is 5.92 Å². The van der Waals surface area contributed by atoms with Gasteiger partial charge in [0, 0.05) is 18.6 Å². The van der Waals surface area contributed by atoms with Gasteiger partial charge >= 0.3 is 0 Å². The predicted molar refractivity (Wildman–Crippen MR) is 76.3 cm³/mol. The zero-order chi connectivity index (χ0) is 13.8. The summed E-state index contributed by atoms with van der Waals surface area (Å²) >= 11 is 0. The van der Waals surface area contributed by atoms with E-state index in [-0.39, 0.29) is 5.54 Å². The van der Waals surface area contributed by atoms with E-state index in [1.807, 2.05) is 0 Å². The third kappa shape index (κ3) is 4.26. The molecular weight excluding hydrogens is 222 g/mol. The second-order valence-corrected chi connectivity index (χ2v) is 6.58. The van der Waals surface area contributed by atoms with E-state index in [1.165, 1.54) is 6.42 Å². The lowest BCUT2D eigenvalue weighted by Gasteiger charge is -2.41. The van der Waals surface area contributed by atoms with Crippen molar-refractivity contribution in [2.45, 2.75) is 71.0 Å². The van der Waals surface area contributed by atoms with Crippen LogP contribution >= 0.6 is 0 Å². The summed E-state index contributed by atoms with van der Waals surface area (Å²) in [6, 6.07) is 3.47. The molecule has 2 atom stereocenters. The van der Waals surface area contributed by atoms with Crippen LogP contribution in [0.1, 0.15) is 53.4 Å². The number of hydrogen-bond acceptors (Lipinski definition) is 3. The van der Waals surface area contributed by atoms with Crippen LogP contribution in [0.25, 0.3) is 0 Å². The molecule has 1 fully saturated rings. The molecule has 0 bridgehead atoms. The molecule has 0 aromatic carbocycles. The van der Waals surface area contributed by atoms with Crippen LogP contribution < -0.4 is 5.32 Å². The quantitative estimate of drug-likeness (QED) is 0.816. The van der Waals surface area contributed by atoms with Crippen LogP contribution in [0.15, 0.2) is 0 Å². The Hall–Kier alpha value is -0.590. The van der Waals surface area contributed by atoms with E-state index in [9.17, 15) is 5.26 Å². The van der Waals surface area contributed by atoms with Gasteiger partial charge in [-0.05, 0) is 52.5 Å². The van der Waals surface area contributed by atoms with Crippen molar-refractivity contribution in [1.82, 2.24) is 10.2 Å². The molecule has 0 aliphatic heterocycles. The van der Waals surface area contributed by atoms with Gasteiger partial charge < -0.3 is 4.90 Å². The van der Waals surface area contributed by atoms with E-state index in [0.717, 1.165) is 25.8 Å². The fourth-order valence-corrected chi connectivity index (χ4v) is 3.16. The first-order valence-electron chi connectivity index (χ1n) is 7.28. The smallest absolute Gasteiger partial charge is 0.108 e. The lowest BCUT2D eigenvalue weighted by Crippen LogP contribution is -2.54. The molecule has 0 spiro atoms. The first kappa shape index (κ1) is 15.5. The van der Waals surface area contributed by atoms with E-state index in [0.29, 0.717) is 18.0 Å². The second kappa shape index (κ2) is 6.54. The maximum Gasteiger partial charge on any atom is 0.108 e. The van der Waals surface area contributed by atoms with Gasteiger partial charge in [-0.2, -0.15) is 5.26 Å². The van der Waals surface area contributed by atoms with Crippen molar-refractivity contribution >= 4 is 0 Å². The van der Waals surface area contributed by atoms with Crippen molar-refractivity contribution in [3.8, 4) is 6.07 Å². The van der Waals surface area contributed by atoms with Crippen molar-refractivity contribution in [2.75, 3.05) is 13.6 Å². The van der Waals surface area contributed by atoms with Crippen LogP contribution in [0.4, 0.5) is 0 Å². The molecule has 3 nitrogen and oxygen atoms in total. The molecule has 0 aromatic rings.